The van der Waals surface area contributed by atoms with Crippen LogP contribution in [0.3, 0.4) is 0 Å². The van der Waals surface area contributed by atoms with Crippen molar-refractivity contribution in [1.82, 2.24) is 16.0 Å². The maximum atomic E-state index is 12.5. The van der Waals surface area contributed by atoms with E-state index in [1.54, 1.807) is 6.92 Å². The van der Waals surface area contributed by atoms with Gasteiger partial charge in [-0.1, -0.05) is 27.7 Å². The van der Waals surface area contributed by atoms with Crippen molar-refractivity contribution in [3.63, 3.8) is 0 Å². The molecule has 2 fully saturated rings. The van der Waals surface area contributed by atoms with Crippen LogP contribution in [0, 0.1) is 11.8 Å². The van der Waals surface area contributed by atoms with Crippen LogP contribution in [0.15, 0.2) is 0 Å². The molecule has 0 heterocycles. The molecule has 7 N–H and O–H groups in total. The Morgan fingerprint density at radius 1 is 0.733 bits per heavy atom. The van der Waals surface area contributed by atoms with Crippen LogP contribution in [0.4, 0.5) is 0 Å². The summed E-state index contributed by atoms with van der Waals surface area (Å²) in [6.45, 7) is 8.09. The van der Waals surface area contributed by atoms with E-state index in [0.717, 1.165) is 25.7 Å². The highest BCUT2D eigenvalue weighted by molar-refractivity contribution is 5.89. The van der Waals surface area contributed by atoms with Gasteiger partial charge in [0.2, 0.25) is 23.6 Å². The van der Waals surface area contributed by atoms with Crippen molar-refractivity contribution < 1.29 is 33.6 Å². The van der Waals surface area contributed by atoms with Gasteiger partial charge in [-0.2, -0.15) is 0 Å². The minimum atomic E-state index is -0.708. The maximum absolute atomic E-state index is 12.5. The Kier molecular flexibility index (Phi) is 24.5. The summed E-state index contributed by atoms with van der Waals surface area (Å²) in [5.41, 5.74) is 10.3. The molecular weight excluding hydrogens is 578 g/mol. The van der Waals surface area contributed by atoms with Gasteiger partial charge in [-0.25, -0.2) is 0 Å². The van der Waals surface area contributed by atoms with Gasteiger partial charge in [0.15, 0.2) is 5.78 Å². The number of hydrogen-bond acceptors (Lipinski definition) is 8. The molecule has 0 spiro atoms. The highest BCUT2D eigenvalue weighted by Gasteiger charge is 2.25. The van der Waals surface area contributed by atoms with Gasteiger partial charge >= 0.3 is 0 Å². The Balaban J connectivity index is 0. The molecule has 3 atom stereocenters. The molecule has 0 aromatic rings. The first kappa shape index (κ1) is 44.0. The topological polar surface area (TPSA) is 208 Å². The third kappa shape index (κ3) is 22.1. The molecule has 0 aromatic carbocycles. The van der Waals surface area contributed by atoms with Crippen LogP contribution in [0.5, 0.6) is 0 Å². The minimum Gasteiger partial charge on any atom is -0.370 e. The first-order valence-corrected chi connectivity index (χ1v) is 16.1. The summed E-state index contributed by atoms with van der Waals surface area (Å²) in [4.78, 5) is 80.1. The van der Waals surface area contributed by atoms with Crippen LogP contribution in [0.1, 0.15) is 132 Å². The molecule has 0 aliphatic heterocycles. The quantitative estimate of drug-likeness (QED) is 0.150. The lowest BCUT2D eigenvalue weighted by molar-refractivity contribution is -0.131. The summed E-state index contributed by atoms with van der Waals surface area (Å²) >= 11 is 0. The van der Waals surface area contributed by atoms with E-state index < -0.39 is 12.0 Å². The predicted octanol–water partition coefficient (Wildman–Crippen LogP) is 3.02. The van der Waals surface area contributed by atoms with Crippen molar-refractivity contribution in [2.75, 3.05) is 6.54 Å². The lowest BCUT2D eigenvalue weighted by Gasteiger charge is -2.26. The summed E-state index contributed by atoms with van der Waals surface area (Å²) in [6.07, 6.45) is 10.2. The number of nitrogens with one attached hydrogen (secondary N) is 3. The number of amides is 4. The summed E-state index contributed by atoms with van der Waals surface area (Å²) in [7, 11) is 0. The smallest absolute Gasteiger partial charge is 0.223 e. The number of rotatable bonds is 18. The van der Waals surface area contributed by atoms with E-state index in [1.807, 2.05) is 13.8 Å². The second-order valence-electron chi connectivity index (χ2n) is 11.9. The van der Waals surface area contributed by atoms with E-state index in [1.165, 1.54) is 33.1 Å². The Hall–Kier alpha value is -3.15. The molecule has 12 nitrogen and oxygen atoms in total. The number of primary amides is 1. The third-order valence-electron chi connectivity index (χ3n) is 8.01. The van der Waals surface area contributed by atoms with Crippen molar-refractivity contribution in [3.05, 3.63) is 0 Å². The zero-order valence-corrected chi connectivity index (χ0v) is 27.5. The van der Waals surface area contributed by atoms with Crippen molar-refractivity contribution in [1.29, 1.82) is 0 Å². The molecule has 2 saturated carbocycles. The number of Topliss-reactive ketones (excluding diaryl/α,β-unsaturated/α-hetero) is 3. The van der Waals surface area contributed by atoms with Crippen molar-refractivity contribution >= 4 is 41.0 Å². The van der Waals surface area contributed by atoms with Crippen LogP contribution in [-0.2, 0) is 33.6 Å². The first-order valence-electron chi connectivity index (χ1n) is 16.1. The summed E-state index contributed by atoms with van der Waals surface area (Å²) < 4.78 is 0. The van der Waals surface area contributed by atoms with Crippen LogP contribution < -0.4 is 27.4 Å². The average Bonchev–Trinajstić information content (AvgIpc) is 2.91. The summed E-state index contributed by atoms with van der Waals surface area (Å²) in [5.74, 6) is -1.57. The van der Waals surface area contributed by atoms with Crippen LogP contribution in [0.25, 0.3) is 0 Å². The number of ketones is 3. The predicted molar refractivity (Wildman–Crippen MR) is 176 cm³/mol. The van der Waals surface area contributed by atoms with Crippen molar-refractivity contribution in [2.45, 2.75) is 150 Å². The highest BCUT2D eigenvalue weighted by atomic mass is 16.2. The van der Waals surface area contributed by atoms with Gasteiger partial charge in [0.05, 0.1) is 12.6 Å². The maximum Gasteiger partial charge on any atom is 0.223 e. The molecule has 0 radical (unpaired) electrons. The fraction of sp³-hybridized carbons (Fsp3) is 0.788. The number of nitrogens with two attached hydrogens (primary N) is 2. The number of carbonyl (C=O) groups excluding carboxylic acids is 7. The van der Waals surface area contributed by atoms with Gasteiger partial charge in [-0.05, 0) is 85.0 Å². The molecule has 260 valence electrons. The van der Waals surface area contributed by atoms with Crippen molar-refractivity contribution in [2.24, 2.45) is 23.3 Å². The van der Waals surface area contributed by atoms with E-state index in [-0.39, 0.29) is 86.2 Å². The SMILES string of the molecule is C.CCC(CCC(=O)NCC(C)=O)C(=O)NC(CCC(=O)NC1CCC1)C(C)=O.CCC(CCC(N)=O)C(C)=O.NC1CCC1. The lowest BCUT2D eigenvalue weighted by Crippen LogP contribution is -2.44. The fourth-order valence-corrected chi connectivity index (χ4v) is 4.38. The van der Waals surface area contributed by atoms with E-state index in [4.69, 9.17) is 11.5 Å². The Morgan fingerprint density at radius 3 is 1.62 bits per heavy atom. The average molecular weight is 640 g/mol. The van der Waals surface area contributed by atoms with Crippen LogP contribution >= 0.6 is 0 Å². The van der Waals surface area contributed by atoms with Gasteiger partial charge in [-0.3, -0.25) is 33.6 Å². The largest absolute Gasteiger partial charge is 0.370 e. The van der Waals surface area contributed by atoms with Gasteiger partial charge in [-0.15, -0.1) is 0 Å². The molecule has 0 bridgehead atoms. The lowest BCUT2D eigenvalue weighted by atomic mass is 9.93. The molecule has 45 heavy (non-hydrogen) atoms. The number of hydrogen-bond donors (Lipinski definition) is 5. The second-order valence-corrected chi connectivity index (χ2v) is 11.9. The third-order valence-corrected chi connectivity index (χ3v) is 8.01. The van der Waals surface area contributed by atoms with Gasteiger partial charge in [0.1, 0.15) is 11.6 Å². The minimum absolute atomic E-state index is 0. The molecule has 3 unspecified atom stereocenters. The Morgan fingerprint density at radius 2 is 1.24 bits per heavy atom. The zero-order valence-electron chi connectivity index (χ0n) is 27.5. The Bertz CT molecular complexity index is 948. The van der Waals surface area contributed by atoms with Gasteiger partial charge < -0.3 is 27.4 Å². The van der Waals surface area contributed by atoms with E-state index >= 15 is 0 Å². The molecule has 2 aliphatic carbocycles. The van der Waals surface area contributed by atoms with Crippen LogP contribution in [0.2, 0.25) is 0 Å². The standard InChI is InChI=1S/C20H33N3O5.C8H15NO2.C4H9N.CH4/c1-4-15(8-10-18(26)21-12-13(2)24)20(28)23-17(14(3)25)9-11-19(27)22-16-6-5-7-16;1-3-7(6(2)10)4-5-8(9)11;5-4-2-1-3-4;/h15-17H,4-12H2,1-3H3,(H,21,26)(H,22,27)(H,23,28);7H,3-5H2,1-2H3,(H2,9,11);4H,1-3,5H2;1H4. The highest BCUT2D eigenvalue weighted by Crippen LogP contribution is 2.18. The van der Waals surface area contributed by atoms with E-state index in [9.17, 15) is 33.6 Å². The monoisotopic (exact) mass is 639 g/mol. The van der Waals surface area contributed by atoms with Crippen LogP contribution in [-0.4, -0.2) is 65.6 Å². The molecule has 12 heteroatoms. The molecule has 0 saturated heterocycles. The van der Waals surface area contributed by atoms with Gasteiger partial charge in [0, 0.05) is 43.2 Å². The zero-order chi connectivity index (χ0) is 33.7. The van der Waals surface area contributed by atoms with Gasteiger partial charge in [0.25, 0.3) is 0 Å². The molecular formula is C33H61N5O7. The number of carbonyl (C=O) groups is 7. The molecule has 2 rings (SSSR count). The normalized spacial score (nSPS) is 15.7. The first-order chi connectivity index (χ1) is 20.7. The van der Waals surface area contributed by atoms with E-state index in [2.05, 4.69) is 16.0 Å². The van der Waals surface area contributed by atoms with Crippen molar-refractivity contribution in [3.8, 4) is 0 Å². The summed E-state index contributed by atoms with van der Waals surface area (Å²) in [6, 6.07) is 0.103. The molecule has 4 amide bonds. The summed E-state index contributed by atoms with van der Waals surface area (Å²) in [5, 5.41) is 8.14. The molecule has 0 aromatic heterocycles. The Labute approximate surface area is 270 Å². The fourth-order valence-electron chi connectivity index (χ4n) is 4.38. The second kappa shape index (κ2) is 25.1. The van der Waals surface area contributed by atoms with E-state index in [0.29, 0.717) is 31.7 Å². The molecule has 2 aliphatic rings.